The fourth-order valence-electron chi connectivity index (χ4n) is 4.32. The SMILES string of the molecule is COc1ccc(S(=O)(=O)N(C)c2cccc(C(=CC(=O)NO)c3cccc(N(C)S(=O)(=O)c4ccc(OC)cc4)c3)c2)cc1. The molecular formula is C31H31N3O8S2. The third-order valence-corrected chi connectivity index (χ3v) is 10.5. The van der Waals surface area contributed by atoms with Crippen LogP contribution in [0.25, 0.3) is 5.57 Å². The van der Waals surface area contributed by atoms with Gasteiger partial charge in [-0.3, -0.25) is 18.6 Å². The van der Waals surface area contributed by atoms with Crippen molar-refractivity contribution in [2.75, 3.05) is 36.9 Å². The Morgan fingerprint density at radius 3 is 1.41 bits per heavy atom. The monoisotopic (exact) mass is 637 g/mol. The number of hydroxylamine groups is 1. The summed E-state index contributed by atoms with van der Waals surface area (Å²) in [5.41, 5.74) is 3.32. The zero-order valence-corrected chi connectivity index (χ0v) is 26.0. The molecule has 2 N–H and O–H groups in total. The van der Waals surface area contributed by atoms with Gasteiger partial charge in [-0.25, -0.2) is 22.3 Å². The number of sulfonamides is 2. The molecule has 0 aliphatic carbocycles. The van der Waals surface area contributed by atoms with Crippen molar-refractivity contribution in [1.82, 2.24) is 5.48 Å². The van der Waals surface area contributed by atoms with Crippen LogP contribution in [0.15, 0.2) is 113 Å². The van der Waals surface area contributed by atoms with Gasteiger partial charge in [-0.2, -0.15) is 0 Å². The van der Waals surface area contributed by atoms with Crippen LogP contribution in [0, 0.1) is 0 Å². The van der Waals surface area contributed by atoms with Gasteiger partial charge >= 0.3 is 0 Å². The number of nitrogens with one attached hydrogen (secondary N) is 1. The minimum Gasteiger partial charge on any atom is -0.497 e. The fourth-order valence-corrected chi connectivity index (χ4v) is 6.70. The Bertz CT molecular complexity index is 1760. The Morgan fingerprint density at radius 2 is 1.07 bits per heavy atom. The van der Waals surface area contributed by atoms with E-state index in [1.54, 1.807) is 78.3 Å². The molecule has 13 heteroatoms. The van der Waals surface area contributed by atoms with Crippen LogP contribution in [0.5, 0.6) is 11.5 Å². The van der Waals surface area contributed by atoms with E-state index in [-0.39, 0.29) is 9.79 Å². The number of carbonyl (C=O) groups is 1. The molecule has 0 aromatic heterocycles. The maximum atomic E-state index is 13.4. The second kappa shape index (κ2) is 13.2. The lowest BCUT2D eigenvalue weighted by atomic mass is 9.96. The van der Waals surface area contributed by atoms with Gasteiger partial charge in [0.2, 0.25) is 0 Å². The number of hydrogen-bond donors (Lipinski definition) is 2. The maximum Gasteiger partial charge on any atom is 0.267 e. The number of nitrogens with zero attached hydrogens (tertiary/aromatic N) is 2. The zero-order valence-electron chi connectivity index (χ0n) is 24.3. The summed E-state index contributed by atoms with van der Waals surface area (Å²) in [5, 5.41) is 9.27. The lowest BCUT2D eigenvalue weighted by Gasteiger charge is -2.22. The number of amides is 1. The number of hydrogen-bond acceptors (Lipinski definition) is 8. The number of methoxy groups -OCH3 is 2. The Kier molecular flexibility index (Phi) is 9.62. The molecule has 0 radical (unpaired) electrons. The number of carbonyl (C=O) groups excluding carboxylic acids is 1. The van der Waals surface area contributed by atoms with Crippen LogP contribution < -0.4 is 23.6 Å². The first kappa shape index (κ1) is 32.1. The molecule has 0 unspecified atom stereocenters. The number of rotatable bonds is 11. The van der Waals surface area contributed by atoms with Crippen molar-refractivity contribution in [3.05, 3.63) is 114 Å². The molecule has 0 heterocycles. The molecule has 0 saturated heterocycles. The summed E-state index contributed by atoms with van der Waals surface area (Å²) < 4.78 is 66.0. The van der Waals surface area contributed by atoms with Gasteiger partial charge in [0.05, 0.1) is 35.4 Å². The molecule has 0 bridgehead atoms. The lowest BCUT2D eigenvalue weighted by molar-refractivity contribution is -0.124. The summed E-state index contributed by atoms with van der Waals surface area (Å²) in [5.74, 6) is 0.180. The van der Waals surface area contributed by atoms with Crippen molar-refractivity contribution < 1.29 is 36.3 Å². The Morgan fingerprint density at radius 1 is 0.682 bits per heavy atom. The van der Waals surface area contributed by atoms with Crippen LogP contribution in [-0.2, 0) is 24.8 Å². The van der Waals surface area contributed by atoms with Crippen molar-refractivity contribution >= 4 is 42.9 Å². The van der Waals surface area contributed by atoms with E-state index in [0.29, 0.717) is 39.6 Å². The van der Waals surface area contributed by atoms with Crippen LogP contribution in [0.3, 0.4) is 0 Å². The van der Waals surface area contributed by atoms with Crippen LogP contribution in [-0.4, -0.2) is 56.3 Å². The van der Waals surface area contributed by atoms with Crippen molar-refractivity contribution in [2.45, 2.75) is 9.79 Å². The van der Waals surface area contributed by atoms with Gasteiger partial charge in [0.25, 0.3) is 26.0 Å². The highest BCUT2D eigenvalue weighted by Gasteiger charge is 2.24. The van der Waals surface area contributed by atoms with Gasteiger partial charge in [0.15, 0.2) is 0 Å². The average Bonchev–Trinajstić information content (AvgIpc) is 3.06. The molecule has 0 aliphatic heterocycles. The molecule has 230 valence electrons. The first-order valence-corrected chi connectivity index (χ1v) is 15.9. The molecule has 0 saturated carbocycles. The van der Waals surface area contributed by atoms with Crippen molar-refractivity contribution in [2.24, 2.45) is 0 Å². The van der Waals surface area contributed by atoms with Crippen molar-refractivity contribution in [3.63, 3.8) is 0 Å². The van der Waals surface area contributed by atoms with Crippen LogP contribution >= 0.6 is 0 Å². The Balaban J connectivity index is 1.73. The van der Waals surface area contributed by atoms with E-state index >= 15 is 0 Å². The van der Waals surface area contributed by atoms with Crippen LogP contribution in [0.1, 0.15) is 11.1 Å². The Hall–Kier alpha value is -4.85. The topological polar surface area (TPSA) is 143 Å². The first-order valence-electron chi connectivity index (χ1n) is 13.0. The summed E-state index contributed by atoms with van der Waals surface area (Å²) in [4.78, 5) is 12.4. The molecule has 0 spiro atoms. The molecule has 11 nitrogen and oxygen atoms in total. The molecule has 4 aromatic carbocycles. The molecular weight excluding hydrogens is 606 g/mol. The second-order valence-corrected chi connectivity index (χ2v) is 13.4. The van der Waals surface area contributed by atoms with Crippen molar-refractivity contribution in [3.8, 4) is 11.5 Å². The number of ether oxygens (including phenoxy) is 2. The second-order valence-electron chi connectivity index (χ2n) is 9.43. The molecule has 4 aromatic rings. The average molecular weight is 638 g/mol. The largest absolute Gasteiger partial charge is 0.497 e. The van der Waals surface area contributed by atoms with Gasteiger partial charge in [0.1, 0.15) is 11.5 Å². The maximum absolute atomic E-state index is 13.4. The van der Waals surface area contributed by atoms with E-state index < -0.39 is 26.0 Å². The number of anilines is 2. The Labute approximate surface area is 256 Å². The van der Waals surface area contributed by atoms with Crippen LogP contribution in [0.4, 0.5) is 11.4 Å². The summed E-state index contributed by atoms with van der Waals surface area (Å²) in [6.07, 6.45) is 1.13. The van der Waals surface area contributed by atoms with Gasteiger partial charge in [-0.05, 0) is 89.5 Å². The smallest absolute Gasteiger partial charge is 0.267 e. The van der Waals surface area contributed by atoms with Gasteiger partial charge in [-0.1, -0.05) is 24.3 Å². The molecule has 44 heavy (non-hydrogen) atoms. The number of benzene rings is 4. The lowest BCUT2D eigenvalue weighted by Crippen LogP contribution is -2.26. The summed E-state index contributed by atoms with van der Waals surface area (Å²) in [6, 6.07) is 24.9. The molecule has 0 atom stereocenters. The predicted octanol–water partition coefficient (Wildman–Crippen LogP) is 4.29. The van der Waals surface area contributed by atoms with E-state index in [1.165, 1.54) is 52.6 Å². The summed E-state index contributed by atoms with van der Waals surface area (Å²) >= 11 is 0. The van der Waals surface area contributed by atoms with E-state index in [9.17, 15) is 26.8 Å². The standard InChI is InChI=1S/C31H31N3O8S2/c1-33(43(37,38)28-15-11-26(41-3)12-16-28)24-9-5-7-22(19-24)30(21-31(35)32-36)23-8-6-10-25(20-23)34(2)44(39,40)29-17-13-27(42-4)14-18-29/h5-21,36H,1-4H3,(H,32,35). The van der Waals surface area contributed by atoms with Gasteiger partial charge < -0.3 is 9.47 Å². The predicted molar refractivity (Wildman–Crippen MR) is 167 cm³/mol. The highest BCUT2D eigenvalue weighted by molar-refractivity contribution is 7.93. The minimum absolute atomic E-state index is 0.0513. The van der Waals surface area contributed by atoms with E-state index in [0.717, 1.165) is 14.7 Å². The third kappa shape index (κ3) is 6.70. The zero-order chi connectivity index (χ0) is 32.1. The van der Waals surface area contributed by atoms with E-state index in [4.69, 9.17) is 9.47 Å². The normalized spacial score (nSPS) is 11.3. The quantitative estimate of drug-likeness (QED) is 0.141. The molecule has 0 fully saturated rings. The van der Waals surface area contributed by atoms with Crippen molar-refractivity contribution in [1.29, 1.82) is 0 Å². The third-order valence-electron chi connectivity index (χ3n) is 6.86. The molecule has 1 amide bonds. The summed E-state index contributed by atoms with van der Waals surface area (Å²) in [7, 11) is -2.14. The highest BCUT2D eigenvalue weighted by atomic mass is 32.2. The van der Waals surface area contributed by atoms with Gasteiger partial charge in [0, 0.05) is 20.2 Å². The highest BCUT2D eigenvalue weighted by Crippen LogP contribution is 2.32. The fraction of sp³-hybridized carbons (Fsp3) is 0.129. The van der Waals surface area contributed by atoms with Gasteiger partial charge in [-0.15, -0.1) is 0 Å². The van der Waals surface area contributed by atoms with E-state index in [1.807, 2.05) is 0 Å². The first-order chi connectivity index (χ1) is 20.9. The molecule has 0 aliphatic rings. The summed E-state index contributed by atoms with van der Waals surface area (Å²) in [6.45, 7) is 0. The van der Waals surface area contributed by atoms with E-state index in [2.05, 4.69) is 0 Å². The molecule has 4 rings (SSSR count). The minimum atomic E-state index is -3.96. The van der Waals surface area contributed by atoms with Crippen LogP contribution in [0.2, 0.25) is 0 Å².